The molecule has 0 unspecified atom stereocenters. The van der Waals surface area contributed by atoms with Crippen LogP contribution in [0.1, 0.15) is 19.0 Å². The fraction of sp³-hybridized carbons (Fsp3) is 0.318. The zero-order valence-electron chi connectivity index (χ0n) is 16.5. The summed E-state index contributed by atoms with van der Waals surface area (Å²) >= 11 is 0. The second-order valence-electron chi connectivity index (χ2n) is 7.30. The molecule has 1 aromatic carbocycles. The Morgan fingerprint density at radius 3 is 2.47 bits per heavy atom. The van der Waals surface area contributed by atoms with E-state index in [0.717, 1.165) is 18.1 Å². The Balaban J connectivity index is 1.83. The Labute approximate surface area is 172 Å². The molecule has 1 fully saturated rings. The number of nitrogens with zero attached hydrogens (tertiary/aromatic N) is 4. The molecule has 4 rings (SSSR count). The first-order chi connectivity index (χ1) is 14.3. The first-order valence-corrected chi connectivity index (χ1v) is 9.77. The molecule has 0 saturated carbocycles. The zero-order chi connectivity index (χ0) is 21.3. The number of anilines is 1. The molecule has 1 aliphatic heterocycles. The maximum absolute atomic E-state index is 13.4. The van der Waals surface area contributed by atoms with Crippen LogP contribution in [0.25, 0.3) is 22.0 Å². The van der Waals surface area contributed by atoms with Crippen LogP contribution >= 0.6 is 0 Å². The van der Waals surface area contributed by atoms with Gasteiger partial charge in [-0.05, 0) is 24.1 Å². The summed E-state index contributed by atoms with van der Waals surface area (Å²) in [4.78, 5) is 24.1. The van der Waals surface area contributed by atoms with E-state index >= 15 is 0 Å². The molecule has 3 heterocycles. The number of rotatable bonds is 2. The summed E-state index contributed by atoms with van der Waals surface area (Å²) in [7, 11) is 0. The number of carbonyl (C=O) groups is 1. The topological polar surface area (TPSA) is 49.3 Å². The molecule has 3 aromatic rings. The second kappa shape index (κ2) is 7.93. The van der Waals surface area contributed by atoms with E-state index in [9.17, 15) is 18.0 Å². The lowest BCUT2D eigenvalue weighted by molar-refractivity contribution is -0.141. The fourth-order valence-corrected chi connectivity index (χ4v) is 3.78. The standard InChI is InChI=1S/C22H21F3N4O/c1-15(30)28-10-5-11-29(13-12-28)21-17-8-9-19(22(23,24)25)27-20(17)18(14-26-21)16-6-3-2-4-7-16/h2-4,6-9,14H,5,10-13H2,1H3. The van der Waals surface area contributed by atoms with Crippen molar-refractivity contribution in [2.24, 2.45) is 0 Å². The third kappa shape index (κ3) is 3.94. The minimum absolute atomic E-state index is 0.0191. The first kappa shape index (κ1) is 20.1. The maximum atomic E-state index is 13.4. The van der Waals surface area contributed by atoms with Crippen molar-refractivity contribution in [3.63, 3.8) is 0 Å². The van der Waals surface area contributed by atoms with E-state index in [2.05, 4.69) is 9.97 Å². The Hall–Kier alpha value is -3.16. The van der Waals surface area contributed by atoms with E-state index in [1.165, 1.54) is 6.07 Å². The van der Waals surface area contributed by atoms with E-state index in [0.29, 0.717) is 42.9 Å². The van der Waals surface area contributed by atoms with Gasteiger partial charge in [0.1, 0.15) is 11.5 Å². The number of alkyl halides is 3. The lowest BCUT2D eigenvalue weighted by Gasteiger charge is -2.24. The van der Waals surface area contributed by atoms with Gasteiger partial charge in [0, 0.05) is 50.2 Å². The summed E-state index contributed by atoms with van der Waals surface area (Å²) in [5.74, 6) is 0.613. The van der Waals surface area contributed by atoms with E-state index in [1.807, 2.05) is 35.2 Å². The lowest BCUT2D eigenvalue weighted by Crippen LogP contribution is -2.34. The number of hydrogen-bond donors (Lipinski definition) is 0. The van der Waals surface area contributed by atoms with Crippen LogP contribution in [0, 0.1) is 0 Å². The van der Waals surface area contributed by atoms with Crippen LogP contribution in [0.4, 0.5) is 19.0 Å². The van der Waals surface area contributed by atoms with Gasteiger partial charge in [0.25, 0.3) is 0 Å². The van der Waals surface area contributed by atoms with Crippen molar-refractivity contribution in [2.75, 3.05) is 31.1 Å². The van der Waals surface area contributed by atoms with Gasteiger partial charge < -0.3 is 9.80 Å². The van der Waals surface area contributed by atoms with Crippen LogP contribution in [0.3, 0.4) is 0 Å². The predicted octanol–water partition coefficient (Wildman–Crippen LogP) is 4.37. The highest BCUT2D eigenvalue weighted by Gasteiger charge is 2.33. The molecule has 1 amide bonds. The number of benzene rings is 1. The SMILES string of the molecule is CC(=O)N1CCCN(c2ncc(-c3ccccc3)c3nc(C(F)(F)F)ccc23)CC1. The summed E-state index contributed by atoms with van der Waals surface area (Å²) in [6.45, 7) is 3.97. The van der Waals surface area contributed by atoms with E-state index < -0.39 is 11.9 Å². The summed E-state index contributed by atoms with van der Waals surface area (Å²) in [5, 5.41) is 0.570. The highest BCUT2D eigenvalue weighted by Crippen LogP contribution is 2.36. The average molecular weight is 414 g/mol. The number of amides is 1. The smallest absolute Gasteiger partial charge is 0.354 e. The molecule has 2 aromatic heterocycles. The number of pyridine rings is 2. The molecule has 30 heavy (non-hydrogen) atoms. The summed E-state index contributed by atoms with van der Waals surface area (Å²) < 4.78 is 40.1. The molecule has 0 bridgehead atoms. The van der Waals surface area contributed by atoms with Crippen LogP contribution in [0.5, 0.6) is 0 Å². The molecule has 0 aliphatic carbocycles. The van der Waals surface area contributed by atoms with Gasteiger partial charge in [0.2, 0.25) is 5.91 Å². The Kier molecular flexibility index (Phi) is 5.32. The van der Waals surface area contributed by atoms with Crippen molar-refractivity contribution in [1.29, 1.82) is 0 Å². The van der Waals surface area contributed by atoms with Gasteiger partial charge in [0.05, 0.1) is 5.52 Å². The largest absolute Gasteiger partial charge is 0.433 e. The monoisotopic (exact) mass is 414 g/mol. The highest BCUT2D eigenvalue weighted by molar-refractivity contribution is 5.99. The minimum Gasteiger partial charge on any atom is -0.354 e. The third-order valence-corrected chi connectivity index (χ3v) is 5.32. The summed E-state index contributed by atoms with van der Waals surface area (Å²) in [6, 6.07) is 11.6. The van der Waals surface area contributed by atoms with E-state index in [4.69, 9.17) is 0 Å². The summed E-state index contributed by atoms with van der Waals surface area (Å²) in [6.07, 6.45) is -2.18. The van der Waals surface area contributed by atoms with Crippen LogP contribution in [-0.4, -0.2) is 47.0 Å². The summed E-state index contributed by atoms with van der Waals surface area (Å²) in [5.41, 5.74) is 0.657. The quantitative estimate of drug-likeness (QED) is 0.625. The molecule has 0 spiro atoms. The van der Waals surface area contributed by atoms with Crippen LogP contribution in [0.15, 0.2) is 48.7 Å². The molecule has 8 heteroatoms. The average Bonchev–Trinajstić information content (AvgIpc) is 2.99. The Bertz CT molecular complexity index is 1070. The van der Waals surface area contributed by atoms with Crippen LogP contribution in [0.2, 0.25) is 0 Å². The minimum atomic E-state index is -4.53. The maximum Gasteiger partial charge on any atom is 0.433 e. The molecule has 0 radical (unpaired) electrons. The van der Waals surface area contributed by atoms with Crippen molar-refractivity contribution in [3.05, 3.63) is 54.4 Å². The van der Waals surface area contributed by atoms with Crippen molar-refractivity contribution < 1.29 is 18.0 Å². The molecule has 156 valence electrons. The van der Waals surface area contributed by atoms with Crippen molar-refractivity contribution in [2.45, 2.75) is 19.5 Å². The number of hydrogen-bond acceptors (Lipinski definition) is 4. The Morgan fingerprint density at radius 1 is 1.00 bits per heavy atom. The predicted molar refractivity (Wildman–Crippen MR) is 109 cm³/mol. The zero-order valence-corrected chi connectivity index (χ0v) is 16.5. The highest BCUT2D eigenvalue weighted by atomic mass is 19.4. The van der Waals surface area contributed by atoms with E-state index in [-0.39, 0.29) is 11.4 Å². The fourth-order valence-electron chi connectivity index (χ4n) is 3.78. The Morgan fingerprint density at radius 2 is 1.77 bits per heavy atom. The second-order valence-corrected chi connectivity index (χ2v) is 7.30. The molecule has 5 nitrogen and oxygen atoms in total. The normalized spacial score (nSPS) is 15.3. The van der Waals surface area contributed by atoms with Gasteiger partial charge in [0.15, 0.2) is 0 Å². The van der Waals surface area contributed by atoms with Gasteiger partial charge in [-0.2, -0.15) is 13.2 Å². The van der Waals surface area contributed by atoms with Gasteiger partial charge in [-0.15, -0.1) is 0 Å². The lowest BCUT2D eigenvalue weighted by atomic mass is 10.0. The first-order valence-electron chi connectivity index (χ1n) is 9.77. The van der Waals surface area contributed by atoms with Crippen LogP contribution < -0.4 is 4.90 Å². The molecular formula is C22H21F3N4O. The number of halogens is 3. The van der Waals surface area contributed by atoms with Crippen molar-refractivity contribution in [1.82, 2.24) is 14.9 Å². The van der Waals surface area contributed by atoms with Crippen molar-refractivity contribution in [3.8, 4) is 11.1 Å². The molecule has 1 aliphatic rings. The third-order valence-electron chi connectivity index (χ3n) is 5.32. The van der Waals surface area contributed by atoms with Gasteiger partial charge >= 0.3 is 6.18 Å². The molecule has 0 atom stereocenters. The number of aromatic nitrogens is 2. The molecule has 1 saturated heterocycles. The van der Waals surface area contributed by atoms with Crippen molar-refractivity contribution >= 4 is 22.6 Å². The van der Waals surface area contributed by atoms with Gasteiger partial charge in [-0.1, -0.05) is 30.3 Å². The molecular weight excluding hydrogens is 393 g/mol. The number of carbonyl (C=O) groups excluding carboxylic acids is 1. The van der Waals surface area contributed by atoms with Crippen LogP contribution in [-0.2, 0) is 11.0 Å². The van der Waals surface area contributed by atoms with E-state index in [1.54, 1.807) is 18.0 Å². The van der Waals surface area contributed by atoms with Gasteiger partial charge in [-0.25, -0.2) is 9.97 Å². The number of fused-ring (bicyclic) bond motifs is 1. The molecule has 0 N–H and O–H groups in total. The van der Waals surface area contributed by atoms with Gasteiger partial charge in [-0.3, -0.25) is 4.79 Å².